The molecule has 0 saturated heterocycles. The third kappa shape index (κ3) is 3.01. The number of ether oxygens (including phenoxy) is 2. The van der Waals surface area contributed by atoms with Gasteiger partial charge in [0.1, 0.15) is 5.82 Å². The fraction of sp³-hybridized carbons (Fsp3) is 0.200. The molecular formula is C20H20N4O2. The second-order valence-corrected chi connectivity index (χ2v) is 6.01. The molecule has 1 N–H and O–H groups in total. The van der Waals surface area contributed by atoms with E-state index in [0.717, 1.165) is 35.7 Å². The Morgan fingerprint density at radius 3 is 2.77 bits per heavy atom. The van der Waals surface area contributed by atoms with Crippen molar-refractivity contribution in [2.24, 2.45) is 0 Å². The monoisotopic (exact) mass is 348 g/mol. The van der Waals surface area contributed by atoms with Gasteiger partial charge in [-0.25, -0.2) is 9.50 Å². The zero-order valence-electron chi connectivity index (χ0n) is 14.8. The zero-order valence-corrected chi connectivity index (χ0v) is 14.8. The molecule has 6 heteroatoms. The molecule has 0 radical (unpaired) electrons. The molecule has 0 aliphatic heterocycles. The van der Waals surface area contributed by atoms with Crippen LogP contribution in [-0.4, -0.2) is 35.4 Å². The average molecular weight is 348 g/mol. The molecule has 26 heavy (non-hydrogen) atoms. The van der Waals surface area contributed by atoms with Crippen molar-refractivity contribution in [3.05, 3.63) is 60.3 Å². The van der Waals surface area contributed by atoms with Crippen LogP contribution in [0.2, 0.25) is 0 Å². The molecule has 132 valence electrons. The third-order valence-corrected chi connectivity index (χ3v) is 4.39. The van der Waals surface area contributed by atoms with Gasteiger partial charge < -0.3 is 14.8 Å². The van der Waals surface area contributed by atoms with Crippen LogP contribution in [0.5, 0.6) is 11.5 Å². The number of methoxy groups -OCH3 is 2. The number of allylic oxidation sites excluding steroid dienone is 3. The van der Waals surface area contributed by atoms with E-state index in [9.17, 15) is 0 Å². The maximum absolute atomic E-state index is 5.41. The summed E-state index contributed by atoms with van der Waals surface area (Å²) in [7, 11) is 3.25. The van der Waals surface area contributed by atoms with Crippen LogP contribution in [0.1, 0.15) is 6.42 Å². The summed E-state index contributed by atoms with van der Waals surface area (Å²) in [6.07, 6.45) is 9.18. The molecule has 2 aromatic heterocycles. The molecule has 6 nitrogen and oxygen atoms in total. The Kier molecular flexibility index (Phi) is 4.31. The number of anilines is 1. The Morgan fingerprint density at radius 2 is 2.00 bits per heavy atom. The van der Waals surface area contributed by atoms with Gasteiger partial charge in [0.2, 0.25) is 0 Å². The molecule has 2 heterocycles. The van der Waals surface area contributed by atoms with Gasteiger partial charge in [-0.1, -0.05) is 18.2 Å². The van der Waals surface area contributed by atoms with Gasteiger partial charge >= 0.3 is 0 Å². The summed E-state index contributed by atoms with van der Waals surface area (Å²) in [5.41, 5.74) is 3.99. The summed E-state index contributed by atoms with van der Waals surface area (Å²) in [5.74, 6) is 2.18. The maximum atomic E-state index is 5.41. The first kappa shape index (κ1) is 16.2. The Labute approximate surface area is 151 Å². The molecule has 0 fully saturated rings. The van der Waals surface area contributed by atoms with Crippen molar-refractivity contribution < 1.29 is 9.47 Å². The molecule has 0 bridgehead atoms. The fourth-order valence-corrected chi connectivity index (χ4v) is 2.99. The quantitative estimate of drug-likeness (QED) is 0.736. The van der Waals surface area contributed by atoms with Crippen LogP contribution in [0.25, 0.3) is 16.9 Å². The standard InChI is InChI=1S/C20H20N4O2/c1-25-17-8-7-15(11-18(17)26-2)16-13-22-20-10-9-19(23-24(16)20)21-12-14-5-3-4-6-14/h3-5,7-11,13H,6,12H2,1-2H3,(H,21,23). The van der Waals surface area contributed by atoms with Crippen molar-refractivity contribution >= 4 is 11.5 Å². The molecule has 1 aliphatic carbocycles. The first-order valence-electron chi connectivity index (χ1n) is 8.44. The lowest BCUT2D eigenvalue weighted by Gasteiger charge is -2.10. The molecule has 0 saturated carbocycles. The lowest BCUT2D eigenvalue weighted by molar-refractivity contribution is 0.355. The Balaban J connectivity index is 1.66. The second kappa shape index (κ2) is 6.92. The van der Waals surface area contributed by atoms with E-state index in [1.165, 1.54) is 5.57 Å². The predicted octanol–water partition coefficient (Wildman–Crippen LogP) is 3.71. The molecule has 0 atom stereocenters. The van der Waals surface area contributed by atoms with Gasteiger partial charge in [-0.15, -0.1) is 5.10 Å². The van der Waals surface area contributed by atoms with Gasteiger partial charge in [-0.05, 0) is 42.3 Å². The highest BCUT2D eigenvalue weighted by atomic mass is 16.5. The Bertz CT molecular complexity index is 1000. The van der Waals surface area contributed by atoms with E-state index in [1.807, 2.05) is 41.0 Å². The average Bonchev–Trinajstić information content (AvgIpc) is 3.35. The van der Waals surface area contributed by atoms with Crippen molar-refractivity contribution in [3.8, 4) is 22.8 Å². The number of rotatable bonds is 6. The van der Waals surface area contributed by atoms with Crippen molar-refractivity contribution in [1.29, 1.82) is 0 Å². The molecule has 0 amide bonds. The van der Waals surface area contributed by atoms with Crippen LogP contribution < -0.4 is 14.8 Å². The largest absolute Gasteiger partial charge is 0.493 e. The number of hydrogen-bond donors (Lipinski definition) is 1. The van der Waals surface area contributed by atoms with Gasteiger partial charge in [-0.3, -0.25) is 0 Å². The highest BCUT2D eigenvalue weighted by Gasteiger charge is 2.12. The topological polar surface area (TPSA) is 60.7 Å². The number of nitrogens with zero attached hydrogens (tertiary/aromatic N) is 3. The normalized spacial score (nSPS) is 13.1. The molecule has 1 aliphatic rings. The van der Waals surface area contributed by atoms with Crippen LogP contribution in [-0.2, 0) is 0 Å². The van der Waals surface area contributed by atoms with Gasteiger partial charge in [0, 0.05) is 12.1 Å². The third-order valence-electron chi connectivity index (χ3n) is 4.39. The van der Waals surface area contributed by atoms with Crippen LogP contribution in [0, 0.1) is 0 Å². The summed E-state index contributed by atoms with van der Waals surface area (Å²) < 4.78 is 12.6. The molecule has 1 aromatic carbocycles. The Morgan fingerprint density at radius 1 is 1.12 bits per heavy atom. The minimum atomic E-state index is 0.676. The summed E-state index contributed by atoms with van der Waals surface area (Å²) in [4.78, 5) is 4.45. The van der Waals surface area contributed by atoms with Crippen molar-refractivity contribution in [2.45, 2.75) is 6.42 Å². The number of aromatic nitrogens is 3. The molecule has 3 aromatic rings. The fourth-order valence-electron chi connectivity index (χ4n) is 2.99. The number of hydrogen-bond acceptors (Lipinski definition) is 5. The molecular weight excluding hydrogens is 328 g/mol. The first-order chi connectivity index (χ1) is 12.8. The van der Waals surface area contributed by atoms with Crippen LogP contribution >= 0.6 is 0 Å². The van der Waals surface area contributed by atoms with Crippen molar-refractivity contribution in [3.63, 3.8) is 0 Å². The van der Waals surface area contributed by atoms with E-state index in [1.54, 1.807) is 14.2 Å². The van der Waals surface area contributed by atoms with E-state index < -0.39 is 0 Å². The number of fused-ring (bicyclic) bond motifs is 1. The summed E-state index contributed by atoms with van der Waals surface area (Å²) in [6, 6.07) is 9.69. The molecule has 0 unspecified atom stereocenters. The zero-order chi connectivity index (χ0) is 17.9. The predicted molar refractivity (Wildman–Crippen MR) is 102 cm³/mol. The minimum Gasteiger partial charge on any atom is -0.493 e. The first-order valence-corrected chi connectivity index (χ1v) is 8.44. The highest BCUT2D eigenvalue weighted by Crippen LogP contribution is 2.32. The summed E-state index contributed by atoms with van der Waals surface area (Å²) in [6.45, 7) is 0.784. The van der Waals surface area contributed by atoms with E-state index in [-0.39, 0.29) is 0 Å². The molecule has 0 spiro atoms. The van der Waals surface area contributed by atoms with Crippen LogP contribution in [0.3, 0.4) is 0 Å². The van der Waals surface area contributed by atoms with Crippen LogP contribution in [0.4, 0.5) is 5.82 Å². The smallest absolute Gasteiger partial charge is 0.161 e. The van der Waals surface area contributed by atoms with E-state index in [4.69, 9.17) is 14.6 Å². The van der Waals surface area contributed by atoms with E-state index in [2.05, 4.69) is 28.5 Å². The number of imidazole rings is 1. The minimum absolute atomic E-state index is 0.676. The lowest BCUT2D eigenvalue weighted by Crippen LogP contribution is -2.07. The van der Waals surface area contributed by atoms with Crippen molar-refractivity contribution in [2.75, 3.05) is 26.1 Å². The van der Waals surface area contributed by atoms with Gasteiger partial charge in [-0.2, -0.15) is 0 Å². The van der Waals surface area contributed by atoms with Gasteiger partial charge in [0.15, 0.2) is 17.1 Å². The number of nitrogens with one attached hydrogen (secondary N) is 1. The molecule has 4 rings (SSSR count). The van der Waals surface area contributed by atoms with Gasteiger partial charge in [0.25, 0.3) is 0 Å². The number of benzene rings is 1. The van der Waals surface area contributed by atoms with Crippen LogP contribution in [0.15, 0.2) is 60.3 Å². The maximum Gasteiger partial charge on any atom is 0.161 e. The highest BCUT2D eigenvalue weighted by molar-refractivity contribution is 5.67. The second-order valence-electron chi connectivity index (χ2n) is 6.01. The summed E-state index contributed by atoms with van der Waals surface area (Å²) >= 11 is 0. The van der Waals surface area contributed by atoms with E-state index in [0.29, 0.717) is 11.5 Å². The summed E-state index contributed by atoms with van der Waals surface area (Å²) in [5, 5.41) is 8.07. The van der Waals surface area contributed by atoms with E-state index >= 15 is 0 Å². The SMILES string of the molecule is COc1ccc(-c2cnc3ccc(NCC4=CC=CC4)nn23)cc1OC. The van der Waals surface area contributed by atoms with Gasteiger partial charge in [0.05, 0.1) is 26.1 Å². The Hall–Kier alpha value is -3.28. The lowest BCUT2D eigenvalue weighted by atomic mass is 10.1. The van der Waals surface area contributed by atoms with Crippen molar-refractivity contribution in [1.82, 2.24) is 14.6 Å².